The van der Waals surface area contributed by atoms with E-state index in [1.807, 2.05) is 13.0 Å². The van der Waals surface area contributed by atoms with Gasteiger partial charge in [-0.15, -0.1) is 0 Å². The van der Waals surface area contributed by atoms with E-state index < -0.39 is 6.10 Å². The first-order valence-electron chi connectivity index (χ1n) is 8.47. The van der Waals surface area contributed by atoms with Crippen molar-refractivity contribution in [3.8, 4) is 5.75 Å². The van der Waals surface area contributed by atoms with Crippen LogP contribution in [0.15, 0.2) is 48.5 Å². The lowest BCUT2D eigenvalue weighted by Gasteiger charge is -2.28. The zero-order valence-electron chi connectivity index (χ0n) is 13.8. The van der Waals surface area contributed by atoms with E-state index >= 15 is 0 Å². The largest absolute Gasteiger partial charge is 0.481 e. The Morgan fingerprint density at radius 2 is 2.00 bits per heavy atom. The van der Waals surface area contributed by atoms with E-state index in [0.29, 0.717) is 17.2 Å². The van der Waals surface area contributed by atoms with Crippen LogP contribution in [0.25, 0.3) is 0 Å². The first-order valence-corrected chi connectivity index (χ1v) is 8.85. The van der Waals surface area contributed by atoms with Crippen molar-refractivity contribution in [1.29, 1.82) is 0 Å². The molecule has 24 heavy (non-hydrogen) atoms. The highest BCUT2D eigenvalue weighted by Gasteiger charge is 2.25. The number of benzene rings is 2. The molecule has 0 saturated carbocycles. The van der Waals surface area contributed by atoms with Crippen LogP contribution >= 0.6 is 11.6 Å². The smallest absolute Gasteiger partial charge is 0.261 e. The second-order valence-electron chi connectivity index (χ2n) is 6.12. The van der Waals surface area contributed by atoms with Crippen molar-refractivity contribution in [3.63, 3.8) is 0 Å². The molecule has 2 unspecified atom stereocenters. The molecular formula is C20H22ClNO2. The summed E-state index contributed by atoms with van der Waals surface area (Å²) in [6.45, 7) is 1.95. The second-order valence-corrected chi connectivity index (χ2v) is 6.56. The van der Waals surface area contributed by atoms with Crippen molar-refractivity contribution >= 4 is 17.5 Å². The molecule has 126 valence electrons. The number of carbonyl (C=O) groups is 1. The van der Waals surface area contributed by atoms with Gasteiger partial charge < -0.3 is 10.1 Å². The summed E-state index contributed by atoms with van der Waals surface area (Å²) < 4.78 is 5.84. The lowest BCUT2D eigenvalue weighted by molar-refractivity contribution is -0.129. The van der Waals surface area contributed by atoms with Crippen LogP contribution in [0, 0.1) is 0 Å². The first-order chi connectivity index (χ1) is 11.7. The van der Waals surface area contributed by atoms with E-state index in [-0.39, 0.29) is 11.9 Å². The van der Waals surface area contributed by atoms with E-state index in [1.54, 1.807) is 24.3 Å². The molecule has 1 N–H and O–H groups in total. The standard InChI is InChI=1S/C20H22ClNO2/c1-2-19(24-16-12-10-15(21)11-13-16)20(23)22-18-9-5-7-14-6-3-4-8-17(14)18/h3-4,6,8,10-13,18-19H,2,5,7,9H2,1H3,(H,22,23). The van der Waals surface area contributed by atoms with E-state index in [9.17, 15) is 4.79 Å². The minimum absolute atomic E-state index is 0.0610. The van der Waals surface area contributed by atoms with Crippen LogP contribution in [0.2, 0.25) is 5.02 Å². The summed E-state index contributed by atoms with van der Waals surface area (Å²) >= 11 is 5.89. The Labute approximate surface area is 148 Å². The topological polar surface area (TPSA) is 38.3 Å². The molecule has 0 radical (unpaired) electrons. The van der Waals surface area contributed by atoms with Crippen molar-refractivity contribution < 1.29 is 9.53 Å². The maximum absolute atomic E-state index is 12.7. The van der Waals surface area contributed by atoms with Crippen LogP contribution < -0.4 is 10.1 Å². The van der Waals surface area contributed by atoms with Gasteiger partial charge in [0, 0.05) is 5.02 Å². The number of nitrogens with one attached hydrogen (secondary N) is 1. The quantitative estimate of drug-likeness (QED) is 0.855. The van der Waals surface area contributed by atoms with Gasteiger partial charge >= 0.3 is 0 Å². The van der Waals surface area contributed by atoms with E-state index in [2.05, 4.69) is 23.5 Å². The highest BCUT2D eigenvalue weighted by Crippen LogP contribution is 2.29. The zero-order valence-corrected chi connectivity index (χ0v) is 14.6. The van der Waals surface area contributed by atoms with Crippen molar-refractivity contribution in [1.82, 2.24) is 5.32 Å². The third-order valence-electron chi connectivity index (χ3n) is 4.44. The van der Waals surface area contributed by atoms with Crippen LogP contribution in [-0.4, -0.2) is 12.0 Å². The van der Waals surface area contributed by atoms with Gasteiger partial charge in [0.15, 0.2) is 6.10 Å². The Morgan fingerprint density at radius 1 is 1.25 bits per heavy atom. The average Bonchev–Trinajstić information content (AvgIpc) is 2.61. The van der Waals surface area contributed by atoms with Crippen LogP contribution in [0.1, 0.15) is 43.4 Å². The second kappa shape index (κ2) is 7.71. The van der Waals surface area contributed by atoms with Gasteiger partial charge in [0.2, 0.25) is 0 Å². The zero-order chi connectivity index (χ0) is 16.9. The predicted octanol–water partition coefficient (Wildman–Crippen LogP) is 4.69. The van der Waals surface area contributed by atoms with Gasteiger partial charge in [0.1, 0.15) is 5.75 Å². The lowest BCUT2D eigenvalue weighted by Crippen LogP contribution is -2.40. The van der Waals surface area contributed by atoms with Gasteiger partial charge in [-0.05, 0) is 61.1 Å². The first kappa shape index (κ1) is 16.8. The molecule has 3 nitrogen and oxygen atoms in total. The molecule has 1 aliphatic carbocycles. The van der Waals surface area contributed by atoms with Crippen molar-refractivity contribution in [2.75, 3.05) is 0 Å². The van der Waals surface area contributed by atoms with Crippen molar-refractivity contribution in [2.45, 2.75) is 44.8 Å². The SMILES string of the molecule is CCC(Oc1ccc(Cl)cc1)C(=O)NC1CCCc2ccccc21. The highest BCUT2D eigenvalue weighted by molar-refractivity contribution is 6.30. The maximum atomic E-state index is 12.7. The molecule has 2 aromatic rings. The number of fused-ring (bicyclic) bond motifs is 1. The normalized spacial score (nSPS) is 17.7. The Kier molecular flexibility index (Phi) is 5.41. The molecule has 1 amide bonds. The molecule has 0 aliphatic heterocycles. The minimum atomic E-state index is -0.500. The highest BCUT2D eigenvalue weighted by atomic mass is 35.5. The third-order valence-corrected chi connectivity index (χ3v) is 4.69. The van der Waals surface area contributed by atoms with Crippen LogP contribution in [0.3, 0.4) is 0 Å². The number of hydrogen-bond donors (Lipinski definition) is 1. The summed E-state index contributed by atoms with van der Waals surface area (Å²) in [7, 11) is 0. The van der Waals surface area contributed by atoms with Gasteiger partial charge in [-0.2, -0.15) is 0 Å². The molecule has 2 aromatic carbocycles. The number of carbonyl (C=O) groups excluding carboxylic acids is 1. The van der Waals surface area contributed by atoms with Gasteiger partial charge in [-0.1, -0.05) is 42.8 Å². The van der Waals surface area contributed by atoms with Crippen LogP contribution in [0.4, 0.5) is 0 Å². The minimum Gasteiger partial charge on any atom is -0.481 e. The number of ether oxygens (including phenoxy) is 1. The molecule has 0 saturated heterocycles. The number of halogens is 1. The summed E-state index contributed by atoms with van der Waals surface area (Å²) in [4.78, 5) is 12.7. The van der Waals surface area contributed by atoms with Gasteiger partial charge in [0.05, 0.1) is 6.04 Å². The molecule has 4 heteroatoms. The number of amides is 1. The summed E-state index contributed by atoms with van der Waals surface area (Å²) in [5.41, 5.74) is 2.57. The fourth-order valence-electron chi connectivity index (χ4n) is 3.17. The average molecular weight is 344 g/mol. The Bertz CT molecular complexity index is 699. The van der Waals surface area contributed by atoms with Crippen molar-refractivity contribution in [3.05, 3.63) is 64.7 Å². The molecular weight excluding hydrogens is 322 g/mol. The number of hydrogen-bond acceptors (Lipinski definition) is 2. The van der Waals surface area contributed by atoms with Gasteiger partial charge in [0.25, 0.3) is 5.91 Å². The third kappa shape index (κ3) is 3.90. The molecule has 1 aliphatic rings. The van der Waals surface area contributed by atoms with Gasteiger partial charge in [-0.3, -0.25) is 4.79 Å². The van der Waals surface area contributed by atoms with E-state index in [4.69, 9.17) is 16.3 Å². The predicted molar refractivity (Wildman–Crippen MR) is 96.4 cm³/mol. The molecule has 0 bridgehead atoms. The number of rotatable bonds is 5. The lowest BCUT2D eigenvalue weighted by atomic mass is 9.87. The molecule has 2 atom stereocenters. The summed E-state index contributed by atoms with van der Waals surface area (Å²) in [6.07, 6.45) is 3.26. The van der Waals surface area contributed by atoms with Crippen LogP contribution in [-0.2, 0) is 11.2 Å². The molecule has 0 aromatic heterocycles. The number of aryl methyl sites for hydroxylation is 1. The van der Waals surface area contributed by atoms with Crippen LogP contribution in [0.5, 0.6) is 5.75 Å². The summed E-state index contributed by atoms with van der Waals surface area (Å²) in [6, 6.07) is 15.5. The van der Waals surface area contributed by atoms with Gasteiger partial charge in [-0.25, -0.2) is 0 Å². The Hall–Kier alpha value is -2.00. The molecule has 0 fully saturated rings. The van der Waals surface area contributed by atoms with Crippen molar-refractivity contribution in [2.24, 2.45) is 0 Å². The monoisotopic (exact) mass is 343 g/mol. The Morgan fingerprint density at radius 3 is 2.75 bits per heavy atom. The molecule has 3 rings (SSSR count). The Balaban J connectivity index is 1.68. The fourth-order valence-corrected chi connectivity index (χ4v) is 3.29. The summed E-state index contributed by atoms with van der Waals surface area (Å²) in [5, 5.41) is 3.82. The van der Waals surface area contributed by atoms with E-state index in [1.165, 1.54) is 11.1 Å². The fraction of sp³-hybridized carbons (Fsp3) is 0.350. The molecule has 0 heterocycles. The summed E-state index contributed by atoms with van der Waals surface area (Å²) in [5.74, 6) is 0.597. The maximum Gasteiger partial charge on any atom is 0.261 e. The molecule has 0 spiro atoms. The van der Waals surface area contributed by atoms with E-state index in [0.717, 1.165) is 19.3 Å².